The number of rotatable bonds is 6. The average molecular weight is 390 g/mol. The van der Waals surface area contributed by atoms with Crippen molar-refractivity contribution in [3.05, 3.63) is 59.7 Å². The van der Waals surface area contributed by atoms with Crippen LogP contribution in [0.4, 0.5) is 5.69 Å². The Morgan fingerprint density at radius 2 is 2.24 bits per heavy atom. The van der Waals surface area contributed by atoms with Gasteiger partial charge in [0, 0.05) is 36.1 Å². The molecule has 7 nitrogen and oxygen atoms in total. The molecule has 0 saturated heterocycles. The summed E-state index contributed by atoms with van der Waals surface area (Å²) in [5, 5.41) is 3.39. The van der Waals surface area contributed by atoms with Crippen molar-refractivity contribution >= 4 is 17.3 Å². The number of aliphatic imine (C=N–C) groups is 1. The highest BCUT2D eigenvalue weighted by Gasteiger charge is 2.33. The van der Waals surface area contributed by atoms with Crippen LogP contribution in [0.25, 0.3) is 0 Å². The number of benzene rings is 1. The second-order valence-corrected chi connectivity index (χ2v) is 7.39. The lowest BCUT2D eigenvalue weighted by Crippen LogP contribution is -2.36. The molecule has 1 aliphatic carbocycles. The zero-order valence-corrected chi connectivity index (χ0v) is 16.2. The predicted molar refractivity (Wildman–Crippen MR) is 110 cm³/mol. The molecule has 1 aromatic carbocycles. The lowest BCUT2D eigenvalue weighted by Gasteiger charge is -2.32. The van der Waals surface area contributed by atoms with E-state index in [0.29, 0.717) is 42.0 Å². The van der Waals surface area contributed by atoms with Gasteiger partial charge < -0.3 is 19.7 Å². The highest BCUT2D eigenvalue weighted by Crippen LogP contribution is 2.43. The number of anilines is 1. The fourth-order valence-corrected chi connectivity index (χ4v) is 3.62. The van der Waals surface area contributed by atoms with Crippen LogP contribution in [0.15, 0.2) is 53.5 Å². The number of nitrogens with zero attached hydrogens (tertiary/aromatic N) is 3. The maximum atomic E-state index is 12.7. The molecule has 3 aliphatic rings. The number of allylic oxidation sites excluding steroid dienone is 1. The molecule has 3 heterocycles. The molecule has 7 heteroatoms. The third-order valence-corrected chi connectivity index (χ3v) is 5.34. The Morgan fingerprint density at radius 3 is 3.00 bits per heavy atom. The molecule has 5 rings (SSSR count). The second kappa shape index (κ2) is 7.24. The molecule has 29 heavy (non-hydrogen) atoms. The summed E-state index contributed by atoms with van der Waals surface area (Å²) >= 11 is 0. The van der Waals surface area contributed by atoms with Gasteiger partial charge in [0.25, 0.3) is 0 Å². The topological polar surface area (TPSA) is 76.1 Å². The van der Waals surface area contributed by atoms with Crippen LogP contribution in [0.2, 0.25) is 0 Å². The Labute approximate surface area is 169 Å². The van der Waals surface area contributed by atoms with E-state index in [9.17, 15) is 4.79 Å². The predicted octanol–water partition coefficient (Wildman–Crippen LogP) is 3.09. The summed E-state index contributed by atoms with van der Waals surface area (Å²) in [6, 6.07) is 7.46. The van der Waals surface area contributed by atoms with Gasteiger partial charge in [-0.15, -0.1) is 0 Å². The van der Waals surface area contributed by atoms with Gasteiger partial charge in [-0.25, -0.2) is 0 Å². The highest BCUT2D eigenvalue weighted by molar-refractivity contribution is 6.11. The quantitative estimate of drug-likeness (QED) is 0.603. The SMILES string of the molecule is COc1c(OCC2CC2)ccc2c1N/C(=C\C(=O)c1cccnc1)N1CCN=C21. The Balaban J connectivity index is 1.52. The Morgan fingerprint density at radius 1 is 1.34 bits per heavy atom. The Hall–Kier alpha value is -3.35. The molecule has 0 atom stereocenters. The highest BCUT2D eigenvalue weighted by atomic mass is 16.5. The van der Waals surface area contributed by atoms with Crippen LogP contribution in [-0.2, 0) is 0 Å². The summed E-state index contributed by atoms with van der Waals surface area (Å²) in [5.74, 6) is 3.39. The second-order valence-electron chi connectivity index (χ2n) is 7.39. The number of ketones is 1. The fraction of sp³-hybridized carbons (Fsp3) is 0.318. The Bertz CT molecular complexity index is 1010. The minimum Gasteiger partial charge on any atom is -0.491 e. The van der Waals surface area contributed by atoms with E-state index in [1.54, 1.807) is 37.7 Å². The molecular weight excluding hydrogens is 368 g/mol. The number of aromatic nitrogens is 1. The molecule has 1 saturated carbocycles. The molecule has 2 aliphatic heterocycles. The van der Waals surface area contributed by atoms with Gasteiger partial charge in [0.2, 0.25) is 0 Å². The van der Waals surface area contributed by atoms with Gasteiger partial charge in [-0.3, -0.25) is 14.8 Å². The van der Waals surface area contributed by atoms with E-state index in [1.165, 1.54) is 12.8 Å². The standard InChI is InChI=1S/C22H22N4O3/c1-28-21-18(29-13-14-4-5-14)7-6-16-20(21)25-19(26-10-9-24-22(16)26)11-17(27)15-3-2-8-23-12-15/h2-3,6-8,11-12,14,25H,4-5,9-10,13H2,1H3/b19-11+. The third kappa shape index (κ3) is 3.33. The van der Waals surface area contributed by atoms with E-state index in [4.69, 9.17) is 9.47 Å². The first kappa shape index (κ1) is 17.7. The number of carbonyl (C=O) groups is 1. The van der Waals surface area contributed by atoms with Gasteiger partial charge in [-0.2, -0.15) is 0 Å². The number of carbonyl (C=O) groups excluding carboxylic acids is 1. The lowest BCUT2D eigenvalue weighted by atomic mass is 10.1. The summed E-state index contributed by atoms with van der Waals surface area (Å²) in [4.78, 5) is 23.5. The van der Waals surface area contributed by atoms with Crippen molar-refractivity contribution in [3.8, 4) is 11.5 Å². The number of hydrogen-bond acceptors (Lipinski definition) is 7. The molecule has 1 fully saturated rings. The molecule has 148 valence electrons. The van der Waals surface area contributed by atoms with Crippen molar-refractivity contribution in [2.75, 3.05) is 32.1 Å². The minimum atomic E-state index is -0.115. The van der Waals surface area contributed by atoms with Crippen LogP contribution < -0.4 is 14.8 Å². The zero-order chi connectivity index (χ0) is 19.8. The Kier molecular flexibility index (Phi) is 4.42. The lowest BCUT2D eigenvalue weighted by molar-refractivity contribution is 0.104. The summed E-state index contributed by atoms with van der Waals surface area (Å²) in [7, 11) is 1.63. The smallest absolute Gasteiger partial charge is 0.191 e. The van der Waals surface area contributed by atoms with Gasteiger partial charge in [-0.1, -0.05) is 0 Å². The van der Waals surface area contributed by atoms with E-state index in [1.807, 2.05) is 17.0 Å². The van der Waals surface area contributed by atoms with Crippen molar-refractivity contribution in [3.63, 3.8) is 0 Å². The van der Waals surface area contributed by atoms with Gasteiger partial charge in [0.1, 0.15) is 11.7 Å². The number of hydrogen-bond donors (Lipinski definition) is 1. The molecule has 1 aromatic heterocycles. The summed E-state index contributed by atoms with van der Waals surface area (Å²) in [5.41, 5.74) is 2.27. The van der Waals surface area contributed by atoms with Crippen LogP contribution in [0, 0.1) is 5.92 Å². The molecule has 0 radical (unpaired) electrons. The van der Waals surface area contributed by atoms with Crippen molar-refractivity contribution in [2.24, 2.45) is 10.9 Å². The van der Waals surface area contributed by atoms with Crippen LogP contribution in [-0.4, -0.2) is 48.3 Å². The molecule has 0 unspecified atom stereocenters. The maximum absolute atomic E-state index is 12.7. The molecular formula is C22H22N4O3. The number of methoxy groups -OCH3 is 1. The number of pyridine rings is 1. The van der Waals surface area contributed by atoms with Crippen LogP contribution in [0.5, 0.6) is 11.5 Å². The van der Waals surface area contributed by atoms with E-state index in [-0.39, 0.29) is 5.78 Å². The number of amidine groups is 1. The van der Waals surface area contributed by atoms with Crippen molar-refractivity contribution in [1.29, 1.82) is 0 Å². The van der Waals surface area contributed by atoms with E-state index in [2.05, 4.69) is 15.3 Å². The number of fused-ring (bicyclic) bond motifs is 3. The molecule has 2 aromatic rings. The van der Waals surface area contributed by atoms with Crippen LogP contribution in [0.3, 0.4) is 0 Å². The van der Waals surface area contributed by atoms with Crippen LogP contribution >= 0.6 is 0 Å². The summed E-state index contributed by atoms with van der Waals surface area (Å²) in [6.45, 7) is 2.09. The van der Waals surface area contributed by atoms with E-state index >= 15 is 0 Å². The fourth-order valence-electron chi connectivity index (χ4n) is 3.62. The maximum Gasteiger partial charge on any atom is 0.191 e. The number of ether oxygens (including phenoxy) is 2. The van der Waals surface area contributed by atoms with Gasteiger partial charge in [0.05, 0.1) is 25.9 Å². The summed E-state index contributed by atoms with van der Waals surface area (Å²) < 4.78 is 11.7. The van der Waals surface area contributed by atoms with E-state index < -0.39 is 0 Å². The number of nitrogens with one attached hydrogen (secondary N) is 1. The minimum absolute atomic E-state index is 0.115. The van der Waals surface area contributed by atoms with Crippen molar-refractivity contribution in [2.45, 2.75) is 12.8 Å². The summed E-state index contributed by atoms with van der Waals surface area (Å²) in [6.07, 6.45) is 7.26. The normalized spacial score (nSPS) is 18.6. The molecule has 1 N–H and O–H groups in total. The first-order valence-corrected chi connectivity index (χ1v) is 9.84. The first-order chi connectivity index (χ1) is 14.2. The molecule has 0 amide bonds. The third-order valence-electron chi connectivity index (χ3n) is 5.34. The van der Waals surface area contributed by atoms with Crippen molar-refractivity contribution in [1.82, 2.24) is 9.88 Å². The zero-order valence-electron chi connectivity index (χ0n) is 16.2. The van der Waals surface area contributed by atoms with E-state index in [0.717, 1.165) is 23.6 Å². The monoisotopic (exact) mass is 390 g/mol. The first-order valence-electron chi connectivity index (χ1n) is 9.84. The average Bonchev–Trinajstić information content (AvgIpc) is 3.45. The van der Waals surface area contributed by atoms with Gasteiger partial charge >= 0.3 is 0 Å². The molecule has 0 bridgehead atoms. The van der Waals surface area contributed by atoms with Gasteiger partial charge in [-0.05, 0) is 43.0 Å². The van der Waals surface area contributed by atoms with Crippen LogP contribution in [0.1, 0.15) is 28.8 Å². The molecule has 0 spiro atoms. The van der Waals surface area contributed by atoms with Gasteiger partial charge in [0.15, 0.2) is 17.3 Å². The largest absolute Gasteiger partial charge is 0.491 e. The van der Waals surface area contributed by atoms with Crippen molar-refractivity contribution < 1.29 is 14.3 Å².